The molecule has 0 aliphatic heterocycles. The molecule has 2 heterocycles. The Bertz CT molecular complexity index is 798. The summed E-state index contributed by atoms with van der Waals surface area (Å²) in [6, 6.07) is 17.4. The van der Waals surface area contributed by atoms with Crippen LogP contribution in [-0.4, -0.2) is 15.9 Å². The third-order valence-electron chi connectivity index (χ3n) is 3.47. The largest absolute Gasteiger partial charge is 0.326 e. The third kappa shape index (κ3) is 4.01. The number of aryl methyl sites for hydroxylation is 1. The van der Waals surface area contributed by atoms with Crippen molar-refractivity contribution in [3.05, 3.63) is 78.4 Å². The summed E-state index contributed by atoms with van der Waals surface area (Å²) in [5.74, 6) is -0.0730. The van der Waals surface area contributed by atoms with Crippen molar-refractivity contribution in [2.75, 3.05) is 5.32 Å². The first-order valence-electron chi connectivity index (χ1n) is 7.43. The smallest absolute Gasteiger partial charge is 0.230 e. The molecule has 0 radical (unpaired) electrons. The number of amides is 1. The van der Waals surface area contributed by atoms with Gasteiger partial charge in [0.25, 0.3) is 0 Å². The summed E-state index contributed by atoms with van der Waals surface area (Å²) in [7, 11) is 0. The lowest BCUT2D eigenvalue weighted by Gasteiger charge is -2.07. The molecule has 2 aromatic heterocycles. The van der Waals surface area contributed by atoms with Crippen molar-refractivity contribution in [2.45, 2.75) is 13.3 Å². The number of anilines is 1. The maximum Gasteiger partial charge on any atom is 0.230 e. The molecular weight excluding hydrogens is 286 g/mol. The molecule has 0 aliphatic carbocycles. The van der Waals surface area contributed by atoms with Crippen LogP contribution in [0, 0.1) is 6.92 Å². The quantitative estimate of drug-likeness (QED) is 0.800. The predicted octanol–water partition coefficient (Wildman–Crippen LogP) is 3.63. The fourth-order valence-electron chi connectivity index (χ4n) is 2.34. The molecule has 4 heteroatoms. The van der Waals surface area contributed by atoms with Gasteiger partial charge in [0, 0.05) is 29.5 Å². The van der Waals surface area contributed by atoms with Crippen LogP contribution in [0.4, 0.5) is 5.69 Å². The standard InChI is InChI=1S/C19H17N3O/c1-14-12-16(9-11-20-14)15-5-7-17(8-6-15)22-19(23)13-18-4-2-3-10-21-18/h2-12H,13H2,1H3,(H,22,23). The van der Waals surface area contributed by atoms with Gasteiger partial charge in [-0.05, 0) is 54.4 Å². The number of nitrogens with one attached hydrogen (secondary N) is 1. The van der Waals surface area contributed by atoms with Crippen LogP contribution in [0.25, 0.3) is 11.1 Å². The lowest BCUT2D eigenvalue weighted by atomic mass is 10.1. The molecule has 0 spiro atoms. The van der Waals surface area contributed by atoms with Crippen molar-refractivity contribution in [1.82, 2.24) is 9.97 Å². The average Bonchev–Trinajstić information content (AvgIpc) is 2.56. The van der Waals surface area contributed by atoms with Gasteiger partial charge in [-0.3, -0.25) is 14.8 Å². The van der Waals surface area contributed by atoms with Crippen molar-refractivity contribution in [1.29, 1.82) is 0 Å². The highest BCUT2D eigenvalue weighted by molar-refractivity contribution is 5.92. The molecule has 1 amide bonds. The number of carbonyl (C=O) groups excluding carboxylic acids is 1. The molecule has 0 saturated heterocycles. The minimum absolute atomic E-state index is 0.0730. The van der Waals surface area contributed by atoms with E-state index in [-0.39, 0.29) is 12.3 Å². The first kappa shape index (κ1) is 14.9. The molecule has 0 unspecified atom stereocenters. The second-order valence-corrected chi connectivity index (χ2v) is 5.31. The lowest BCUT2D eigenvalue weighted by Crippen LogP contribution is -2.14. The van der Waals surface area contributed by atoms with Crippen LogP contribution in [-0.2, 0) is 11.2 Å². The molecule has 114 valence electrons. The van der Waals surface area contributed by atoms with E-state index < -0.39 is 0 Å². The zero-order valence-electron chi connectivity index (χ0n) is 12.9. The van der Waals surface area contributed by atoms with Crippen LogP contribution in [0.2, 0.25) is 0 Å². The Morgan fingerprint density at radius 3 is 2.48 bits per heavy atom. The molecule has 0 bridgehead atoms. The molecule has 0 saturated carbocycles. The van der Waals surface area contributed by atoms with Crippen LogP contribution in [0.1, 0.15) is 11.4 Å². The normalized spacial score (nSPS) is 10.3. The maximum atomic E-state index is 12.0. The number of nitrogens with zero attached hydrogens (tertiary/aromatic N) is 2. The topological polar surface area (TPSA) is 54.9 Å². The zero-order chi connectivity index (χ0) is 16.1. The minimum atomic E-state index is -0.0730. The van der Waals surface area contributed by atoms with E-state index in [2.05, 4.69) is 15.3 Å². The average molecular weight is 303 g/mol. The number of aromatic nitrogens is 2. The zero-order valence-corrected chi connectivity index (χ0v) is 12.9. The summed E-state index contributed by atoms with van der Waals surface area (Å²) in [6.45, 7) is 1.97. The van der Waals surface area contributed by atoms with Gasteiger partial charge in [0.1, 0.15) is 0 Å². The summed E-state index contributed by atoms with van der Waals surface area (Å²) >= 11 is 0. The van der Waals surface area contributed by atoms with E-state index in [0.717, 1.165) is 28.2 Å². The minimum Gasteiger partial charge on any atom is -0.326 e. The number of hydrogen-bond acceptors (Lipinski definition) is 3. The SMILES string of the molecule is Cc1cc(-c2ccc(NC(=O)Cc3ccccn3)cc2)ccn1. The monoisotopic (exact) mass is 303 g/mol. The van der Waals surface area contributed by atoms with Crippen LogP contribution in [0.5, 0.6) is 0 Å². The second kappa shape index (κ2) is 6.83. The van der Waals surface area contributed by atoms with Crippen molar-refractivity contribution in [3.63, 3.8) is 0 Å². The number of benzene rings is 1. The summed E-state index contributed by atoms with van der Waals surface area (Å²) < 4.78 is 0. The molecule has 4 nitrogen and oxygen atoms in total. The molecule has 23 heavy (non-hydrogen) atoms. The summed E-state index contributed by atoms with van der Waals surface area (Å²) in [5.41, 5.74) is 4.73. The van der Waals surface area contributed by atoms with Gasteiger partial charge >= 0.3 is 0 Å². The first-order chi connectivity index (χ1) is 11.2. The molecule has 0 atom stereocenters. The van der Waals surface area contributed by atoms with E-state index in [1.807, 2.05) is 61.5 Å². The van der Waals surface area contributed by atoms with E-state index >= 15 is 0 Å². The summed E-state index contributed by atoms with van der Waals surface area (Å²) in [5, 5.41) is 2.89. The Labute approximate surface area is 135 Å². The van der Waals surface area contributed by atoms with E-state index in [0.29, 0.717) is 0 Å². The van der Waals surface area contributed by atoms with Crippen LogP contribution in [0.15, 0.2) is 67.0 Å². The van der Waals surface area contributed by atoms with E-state index in [9.17, 15) is 4.79 Å². The Morgan fingerprint density at radius 2 is 1.78 bits per heavy atom. The Balaban J connectivity index is 1.67. The molecule has 3 aromatic rings. The van der Waals surface area contributed by atoms with Crippen LogP contribution in [0.3, 0.4) is 0 Å². The first-order valence-corrected chi connectivity index (χ1v) is 7.43. The van der Waals surface area contributed by atoms with Gasteiger partial charge in [-0.25, -0.2) is 0 Å². The predicted molar refractivity (Wildman–Crippen MR) is 91.0 cm³/mol. The van der Waals surface area contributed by atoms with Crippen molar-refractivity contribution in [2.24, 2.45) is 0 Å². The van der Waals surface area contributed by atoms with Gasteiger partial charge in [-0.1, -0.05) is 18.2 Å². The maximum absolute atomic E-state index is 12.0. The molecule has 0 aliphatic rings. The van der Waals surface area contributed by atoms with Gasteiger partial charge < -0.3 is 5.32 Å². The fourth-order valence-corrected chi connectivity index (χ4v) is 2.34. The highest BCUT2D eigenvalue weighted by Gasteiger charge is 2.05. The molecule has 0 fully saturated rings. The molecule has 1 aromatic carbocycles. The highest BCUT2D eigenvalue weighted by atomic mass is 16.1. The number of carbonyl (C=O) groups is 1. The fraction of sp³-hybridized carbons (Fsp3) is 0.105. The third-order valence-corrected chi connectivity index (χ3v) is 3.47. The molecule has 1 N–H and O–H groups in total. The van der Waals surface area contributed by atoms with Crippen LogP contribution >= 0.6 is 0 Å². The molecular formula is C19H17N3O. The number of hydrogen-bond donors (Lipinski definition) is 1. The van der Waals surface area contributed by atoms with E-state index in [4.69, 9.17) is 0 Å². The van der Waals surface area contributed by atoms with Crippen molar-refractivity contribution < 1.29 is 4.79 Å². The Hall–Kier alpha value is -3.01. The second-order valence-electron chi connectivity index (χ2n) is 5.31. The van der Waals surface area contributed by atoms with Gasteiger partial charge in [0.15, 0.2) is 0 Å². The Morgan fingerprint density at radius 1 is 0.957 bits per heavy atom. The lowest BCUT2D eigenvalue weighted by molar-refractivity contribution is -0.115. The molecule has 3 rings (SSSR count). The number of pyridine rings is 2. The summed E-state index contributed by atoms with van der Waals surface area (Å²) in [6.07, 6.45) is 3.76. The van der Waals surface area contributed by atoms with Gasteiger partial charge in [-0.2, -0.15) is 0 Å². The van der Waals surface area contributed by atoms with E-state index in [1.54, 1.807) is 12.4 Å². The highest BCUT2D eigenvalue weighted by Crippen LogP contribution is 2.21. The Kier molecular flexibility index (Phi) is 4.43. The summed E-state index contributed by atoms with van der Waals surface area (Å²) in [4.78, 5) is 20.4. The van der Waals surface area contributed by atoms with Crippen LogP contribution < -0.4 is 5.32 Å². The van der Waals surface area contributed by atoms with Gasteiger partial charge in [-0.15, -0.1) is 0 Å². The van der Waals surface area contributed by atoms with Gasteiger partial charge in [0.2, 0.25) is 5.91 Å². The van der Waals surface area contributed by atoms with Crippen molar-refractivity contribution in [3.8, 4) is 11.1 Å². The van der Waals surface area contributed by atoms with E-state index in [1.165, 1.54) is 0 Å². The van der Waals surface area contributed by atoms with Gasteiger partial charge in [0.05, 0.1) is 6.42 Å². The number of rotatable bonds is 4. The van der Waals surface area contributed by atoms with Crippen molar-refractivity contribution >= 4 is 11.6 Å².